The van der Waals surface area contributed by atoms with E-state index in [-0.39, 0.29) is 17.3 Å². The van der Waals surface area contributed by atoms with Gasteiger partial charge in [-0.05, 0) is 36.2 Å². The Kier molecular flexibility index (Phi) is 5.57. The fourth-order valence-corrected chi connectivity index (χ4v) is 4.07. The molecule has 3 rings (SSSR count). The largest absolute Gasteiger partial charge is 0.354 e. The molecule has 2 aromatic rings. The zero-order chi connectivity index (χ0) is 19.4. The number of nitrogens with one attached hydrogen (secondary N) is 1. The number of carbonyl (C=O) groups is 2. The predicted molar refractivity (Wildman–Crippen MR) is 102 cm³/mol. The van der Waals surface area contributed by atoms with Crippen molar-refractivity contribution < 1.29 is 14.0 Å². The molecule has 0 spiro atoms. The van der Waals surface area contributed by atoms with Gasteiger partial charge in [0.25, 0.3) is 5.91 Å². The number of nitriles is 1. The van der Waals surface area contributed by atoms with E-state index in [1.54, 1.807) is 36.4 Å². The van der Waals surface area contributed by atoms with Gasteiger partial charge < -0.3 is 5.32 Å². The number of rotatable bonds is 4. The molecule has 136 valence electrons. The van der Waals surface area contributed by atoms with Crippen molar-refractivity contribution in [2.75, 3.05) is 11.9 Å². The molecule has 2 aromatic carbocycles. The van der Waals surface area contributed by atoms with E-state index in [1.807, 2.05) is 12.1 Å². The van der Waals surface area contributed by atoms with E-state index in [1.165, 1.54) is 35.8 Å². The summed E-state index contributed by atoms with van der Waals surface area (Å²) in [5.41, 5.74) is 1.28. The summed E-state index contributed by atoms with van der Waals surface area (Å²) in [4.78, 5) is 26.6. The highest BCUT2D eigenvalue weighted by Crippen LogP contribution is 2.41. The molecule has 1 atom stereocenters. The van der Waals surface area contributed by atoms with Crippen molar-refractivity contribution in [1.29, 1.82) is 5.26 Å². The number of carbonyl (C=O) groups excluding carboxylic acids is 2. The molecule has 1 aliphatic rings. The molecule has 1 N–H and O–H groups in total. The van der Waals surface area contributed by atoms with Gasteiger partial charge in [0.1, 0.15) is 22.5 Å². The minimum atomic E-state index is -0.545. The molecule has 0 unspecified atom stereocenters. The number of likely N-dealkylation sites (N-methyl/N-ethyl adjacent to an activating group) is 1. The Hall–Kier alpha value is -3.11. The lowest BCUT2D eigenvalue weighted by Gasteiger charge is -2.18. The Labute approximate surface area is 160 Å². The fraction of sp³-hybridized carbons (Fsp3) is 0.150. The van der Waals surface area contributed by atoms with Crippen LogP contribution < -0.4 is 10.2 Å². The zero-order valence-electron chi connectivity index (χ0n) is 14.5. The maximum atomic E-state index is 13.1. The van der Waals surface area contributed by atoms with Gasteiger partial charge >= 0.3 is 0 Å². The third-order valence-electron chi connectivity index (χ3n) is 4.08. The van der Waals surface area contributed by atoms with Crippen molar-refractivity contribution in [2.24, 2.45) is 0 Å². The standard InChI is InChI=1S/C20H16FN3O2S/c1-23-18(25)16(12-22)20-24(15-5-3-2-4-6-15)19(26)17(27-20)11-13-7-9-14(21)10-8-13/h2-10,17H,11H2,1H3,(H,23,25)/b20-16-/t17-/m1/s1. The maximum absolute atomic E-state index is 13.1. The minimum Gasteiger partial charge on any atom is -0.354 e. The van der Waals surface area contributed by atoms with E-state index in [0.717, 1.165) is 5.56 Å². The molecule has 0 aliphatic carbocycles. The van der Waals surface area contributed by atoms with Crippen molar-refractivity contribution in [1.82, 2.24) is 5.32 Å². The fourth-order valence-electron chi connectivity index (χ4n) is 2.76. The van der Waals surface area contributed by atoms with Crippen LogP contribution in [0.15, 0.2) is 65.2 Å². The summed E-state index contributed by atoms with van der Waals surface area (Å²) in [6.45, 7) is 0. The minimum absolute atomic E-state index is 0.110. The summed E-state index contributed by atoms with van der Waals surface area (Å²) in [7, 11) is 1.44. The SMILES string of the molecule is CNC(=O)/C(C#N)=C1\S[C@H](Cc2ccc(F)cc2)C(=O)N1c1ccccc1. The van der Waals surface area contributed by atoms with Crippen LogP contribution in [-0.2, 0) is 16.0 Å². The summed E-state index contributed by atoms with van der Waals surface area (Å²) in [6.07, 6.45) is 0.364. The first-order chi connectivity index (χ1) is 13.0. The average molecular weight is 381 g/mol. The lowest BCUT2D eigenvalue weighted by atomic mass is 10.1. The topological polar surface area (TPSA) is 73.2 Å². The number of hydrogen-bond acceptors (Lipinski definition) is 4. The molecule has 1 heterocycles. The summed E-state index contributed by atoms with van der Waals surface area (Å²) >= 11 is 1.18. The Morgan fingerprint density at radius 1 is 1.22 bits per heavy atom. The highest BCUT2D eigenvalue weighted by Gasteiger charge is 2.40. The van der Waals surface area contributed by atoms with Crippen LogP contribution in [0.2, 0.25) is 0 Å². The van der Waals surface area contributed by atoms with Crippen LogP contribution in [0.1, 0.15) is 5.56 Å². The number of nitrogens with zero attached hydrogens (tertiary/aromatic N) is 2. The Morgan fingerprint density at radius 3 is 2.48 bits per heavy atom. The summed E-state index contributed by atoms with van der Waals surface area (Å²) in [6, 6.07) is 16.7. The first-order valence-corrected chi connectivity index (χ1v) is 9.09. The number of halogens is 1. The highest BCUT2D eigenvalue weighted by atomic mass is 32.2. The second kappa shape index (κ2) is 8.06. The van der Waals surface area contributed by atoms with E-state index in [0.29, 0.717) is 17.1 Å². The molecule has 1 aliphatic heterocycles. The van der Waals surface area contributed by atoms with Gasteiger partial charge in [-0.25, -0.2) is 4.39 Å². The van der Waals surface area contributed by atoms with Crippen LogP contribution in [0, 0.1) is 17.1 Å². The Balaban J connectivity index is 2.02. The van der Waals surface area contributed by atoms with E-state index in [9.17, 15) is 19.2 Å². The van der Waals surface area contributed by atoms with Gasteiger partial charge in [0.05, 0.1) is 5.25 Å². The predicted octanol–water partition coefficient (Wildman–Crippen LogP) is 3.00. The van der Waals surface area contributed by atoms with E-state index in [4.69, 9.17) is 0 Å². The van der Waals surface area contributed by atoms with Crippen LogP contribution in [0.4, 0.5) is 10.1 Å². The Morgan fingerprint density at radius 2 is 1.89 bits per heavy atom. The molecule has 5 nitrogen and oxygen atoms in total. The molecule has 0 radical (unpaired) electrons. The van der Waals surface area contributed by atoms with Crippen LogP contribution >= 0.6 is 11.8 Å². The third kappa shape index (κ3) is 3.86. The molecule has 27 heavy (non-hydrogen) atoms. The summed E-state index contributed by atoms with van der Waals surface area (Å²) in [5.74, 6) is -1.11. The van der Waals surface area contributed by atoms with Gasteiger partial charge in [-0.2, -0.15) is 5.26 Å². The van der Waals surface area contributed by atoms with Crippen molar-refractivity contribution >= 4 is 29.3 Å². The molecular weight excluding hydrogens is 365 g/mol. The monoisotopic (exact) mass is 381 g/mol. The molecule has 0 saturated carbocycles. The van der Waals surface area contributed by atoms with Crippen molar-refractivity contribution in [3.8, 4) is 6.07 Å². The number of para-hydroxylation sites is 1. The van der Waals surface area contributed by atoms with Crippen molar-refractivity contribution in [3.63, 3.8) is 0 Å². The number of amides is 2. The van der Waals surface area contributed by atoms with Crippen molar-refractivity contribution in [2.45, 2.75) is 11.7 Å². The molecule has 2 amide bonds. The lowest BCUT2D eigenvalue weighted by Crippen LogP contribution is -2.31. The molecule has 1 saturated heterocycles. The van der Waals surface area contributed by atoms with Gasteiger partial charge in [0, 0.05) is 12.7 Å². The smallest absolute Gasteiger partial charge is 0.264 e. The number of hydrogen-bond donors (Lipinski definition) is 1. The molecule has 0 bridgehead atoms. The van der Waals surface area contributed by atoms with Gasteiger partial charge in [-0.3, -0.25) is 14.5 Å². The number of thioether (sulfide) groups is 1. The normalized spacial score (nSPS) is 18.2. The first kappa shape index (κ1) is 18.7. The zero-order valence-corrected chi connectivity index (χ0v) is 15.3. The number of benzene rings is 2. The van der Waals surface area contributed by atoms with E-state index in [2.05, 4.69) is 5.32 Å². The van der Waals surface area contributed by atoms with Gasteiger partial charge in [0.15, 0.2) is 0 Å². The van der Waals surface area contributed by atoms with Gasteiger partial charge in [0.2, 0.25) is 5.91 Å². The second-order valence-electron chi connectivity index (χ2n) is 5.82. The molecule has 0 aromatic heterocycles. The van der Waals surface area contributed by atoms with Gasteiger partial charge in [-0.1, -0.05) is 42.1 Å². The molecular formula is C20H16FN3O2S. The van der Waals surface area contributed by atoms with E-state index < -0.39 is 11.2 Å². The number of anilines is 1. The first-order valence-electron chi connectivity index (χ1n) is 8.21. The second-order valence-corrected chi connectivity index (χ2v) is 7.01. The van der Waals surface area contributed by atoms with E-state index >= 15 is 0 Å². The molecule has 1 fully saturated rings. The van der Waals surface area contributed by atoms with Crippen LogP contribution in [-0.4, -0.2) is 24.1 Å². The Bertz CT molecular complexity index is 936. The van der Waals surface area contributed by atoms with Gasteiger partial charge in [-0.15, -0.1) is 0 Å². The third-order valence-corrected chi connectivity index (χ3v) is 5.34. The van der Waals surface area contributed by atoms with Crippen LogP contribution in [0.25, 0.3) is 0 Å². The molecule has 7 heteroatoms. The lowest BCUT2D eigenvalue weighted by molar-refractivity contribution is -0.117. The van der Waals surface area contributed by atoms with Crippen LogP contribution in [0.5, 0.6) is 0 Å². The average Bonchev–Trinajstić information content (AvgIpc) is 3.00. The summed E-state index contributed by atoms with van der Waals surface area (Å²) in [5, 5.41) is 11.7. The summed E-state index contributed by atoms with van der Waals surface area (Å²) < 4.78 is 13.1. The maximum Gasteiger partial charge on any atom is 0.264 e. The quantitative estimate of drug-likeness (QED) is 0.653. The highest BCUT2D eigenvalue weighted by molar-refractivity contribution is 8.05. The van der Waals surface area contributed by atoms with Crippen molar-refractivity contribution in [3.05, 3.63) is 76.6 Å². The van der Waals surface area contributed by atoms with Crippen LogP contribution in [0.3, 0.4) is 0 Å².